The molecule has 2 aromatic carbocycles. The van der Waals surface area contributed by atoms with Crippen molar-refractivity contribution in [1.29, 1.82) is 0 Å². The fraction of sp³-hybridized carbons (Fsp3) is 0.429. The van der Waals surface area contributed by atoms with Gasteiger partial charge in [-0.1, -0.05) is 18.2 Å². The number of carbonyl (C=O) groups excluding carboxylic acids is 1. The van der Waals surface area contributed by atoms with Crippen LogP contribution in [0.3, 0.4) is 0 Å². The number of aromatic nitrogens is 1. The van der Waals surface area contributed by atoms with Gasteiger partial charge in [-0.05, 0) is 76.4 Å². The van der Waals surface area contributed by atoms with Gasteiger partial charge in [-0.2, -0.15) is 0 Å². The molecule has 0 aliphatic carbocycles. The summed E-state index contributed by atoms with van der Waals surface area (Å²) in [7, 11) is 0. The van der Waals surface area contributed by atoms with Gasteiger partial charge in [0.25, 0.3) is 0 Å². The van der Waals surface area contributed by atoms with Crippen molar-refractivity contribution in [3.05, 3.63) is 64.8 Å². The Morgan fingerprint density at radius 3 is 2.41 bits per heavy atom. The van der Waals surface area contributed by atoms with Crippen molar-refractivity contribution in [3.8, 4) is 11.5 Å². The van der Waals surface area contributed by atoms with E-state index < -0.39 is 6.10 Å². The van der Waals surface area contributed by atoms with Gasteiger partial charge in [-0.15, -0.1) is 0 Å². The summed E-state index contributed by atoms with van der Waals surface area (Å²) in [6.07, 6.45) is 1.70. The molecule has 0 saturated heterocycles. The molecule has 1 aromatic heterocycles. The average Bonchev–Trinajstić information content (AvgIpc) is 2.78. The predicted molar refractivity (Wildman–Crippen MR) is 134 cm³/mol. The standard InChI is InChI=1S/C28H35NO5/c1-7-31-25(28(30)32-8-2)15-21-9-11-23(12-10-21)33-17-22-16-29-24-14-19(5)13-20(6)26(24)27(22)34-18(3)4/h9-14,16,18,25H,7-8,15,17H2,1-6H3. The van der Waals surface area contributed by atoms with Crippen molar-refractivity contribution in [2.24, 2.45) is 0 Å². The fourth-order valence-corrected chi connectivity index (χ4v) is 3.93. The number of nitrogens with zero attached hydrogens (tertiary/aromatic N) is 1. The number of hydrogen-bond acceptors (Lipinski definition) is 6. The summed E-state index contributed by atoms with van der Waals surface area (Å²) >= 11 is 0. The van der Waals surface area contributed by atoms with Crippen LogP contribution in [0.15, 0.2) is 42.6 Å². The molecular weight excluding hydrogens is 430 g/mol. The number of carbonyl (C=O) groups is 1. The van der Waals surface area contributed by atoms with E-state index in [1.54, 1.807) is 6.92 Å². The van der Waals surface area contributed by atoms with E-state index in [0.717, 1.165) is 39.1 Å². The van der Waals surface area contributed by atoms with Gasteiger partial charge in [0.1, 0.15) is 18.1 Å². The number of ether oxygens (including phenoxy) is 4. The third-order valence-electron chi connectivity index (χ3n) is 5.35. The minimum Gasteiger partial charge on any atom is -0.490 e. The number of pyridine rings is 1. The molecule has 3 aromatic rings. The van der Waals surface area contributed by atoms with Crippen LogP contribution in [0, 0.1) is 13.8 Å². The number of aryl methyl sites for hydroxylation is 2. The summed E-state index contributed by atoms with van der Waals surface area (Å²) in [6.45, 7) is 13.0. The summed E-state index contributed by atoms with van der Waals surface area (Å²) in [5, 5.41) is 1.02. The Hall–Kier alpha value is -3.12. The van der Waals surface area contributed by atoms with Gasteiger partial charge in [0, 0.05) is 24.6 Å². The van der Waals surface area contributed by atoms with Gasteiger partial charge in [0.2, 0.25) is 0 Å². The molecular formula is C28H35NO5. The molecule has 3 rings (SSSR count). The molecule has 0 N–H and O–H groups in total. The highest BCUT2D eigenvalue weighted by atomic mass is 16.6. The maximum absolute atomic E-state index is 12.1. The topological polar surface area (TPSA) is 66.9 Å². The first-order valence-electron chi connectivity index (χ1n) is 11.9. The number of rotatable bonds is 11. The van der Waals surface area contributed by atoms with Crippen LogP contribution < -0.4 is 9.47 Å². The first-order chi connectivity index (χ1) is 16.3. The number of benzene rings is 2. The zero-order valence-electron chi connectivity index (χ0n) is 21.0. The Labute approximate surface area is 202 Å². The van der Waals surface area contributed by atoms with Crippen LogP contribution in [0.1, 0.15) is 49.9 Å². The van der Waals surface area contributed by atoms with E-state index in [9.17, 15) is 4.79 Å². The van der Waals surface area contributed by atoms with Crippen molar-refractivity contribution in [2.45, 2.75) is 66.8 Å². The van der Waals surface area contributed by atoms with Crippen LogP contribution in [-0.4, -0.2) is 36.4 Å². The van der Waals surface area contributed by atoms with Crippen LogP contribution >= 0.6 is 0 Å². The lowest BCUT2D eigenvalue weighted by molar-refractivity contribution is -0.156. The maximum atomic E-state index is 12.1. The molecule has 0 aliphatic rings. The van der Waals surface area contributed by atoms with Gasteiger partial charge in [0.05, 0.1) is 23.8 Å². The molecule has 182 valence electrons. The van der Waals surface area contributed by atoms with Crippen molar-refractivity contribution in [2.75, 3.05) is 13.2 Å². The average molecular weight is 466 g/mol. The smallest absolute Gasteiger partial charge is 0.335 e. The molecule has 0 aliphatic heterocycles. The van der Waals surface area contributed by atoms with E-state index in [1.165, 1.54) is 5.56 Å². The SMILES string of the molecule is CCOC(=O)C(Cc1ccc(OCc2cnc3cc(C)cc(C)c3c2OC(C)C)cc1)OCC. The Kier molecular flexibility index (Phi) is 8.88. The second-order valence-corrected chi connectivity index (χ2v) is 8.59. The lowest BCUT2D eigenvalue weighted by Gasteiger charge is -2.18. The van der Waals surface area contributed by atoms with E-state index >= 15 is 0 Å². The maximum Gasteiger partial charge on any atom is 0.335 e. The van der Waals surface area contributed by atoms with Crippen molar-refractivity contribution >= 4 is 16.9 Å². The fourth-order valence-electron chi connectivity index (χ4n) is 3.93. The lowest BCUT2D eigenvalue weighted by Crippen LogP contribution is -2.28. The summed E-state index contributed by atoms with van der Waals surface area (Å²) in [5.41, 5.74) is 5.10. The Bertz CT molecular complexity index is 1110. The van der Waals surface area contributed by atoms with Crippen molar-refractivity contribution in [1.82, 2.24) is 4.98 Å². The normalized spacial score (nSPS) is 12.1. The second-order valence-electron chi connectivity index (χ2n) is 8.59. The highest BCUT2D eigenvalue weighted by Gasteiger charge is 2.20. The van der Waals surface area contributed by atoms with E-state index in [2.05, 4.69) is 31.0 Å². The minimum absolute atomic E-state index is 0.0296. The Morgan fingerprint density at radius 2 is 1.76 bits per heavy atom. The molecule has 0 bridgehead atoms. The second kappa shape index (κ2) is 11.8. The Balaban J connectivity index is 1.76. The first-order valence-corrected chi connectivity index (χ1v) is 11.9. The molecule has 1 unspecified atom stereocenters. The summed E-state index contributed by atoms with van der Waals surface area (Å²) in [5.74, 6) is 1.21. The third-order valence-corrected chi connectivity index (χ3v) is 5.35. The molecule has 1 heterocycles. The van der Waals surface area contributed by atoms with Gasteiger partial charge in [-0.3, -0.25) is 4.98 Å². The number of fused-ring (bicyclic) bond motifs is 1. The first kappa shape index (κ1) is 25.5. The zero-order chi connectivity index (χ0) is 24.7. The van der Waals surface area contributed by atoms with Gasteiger partial charge < -0.3 is 18.9 Å². The van der Waals surface area contributed by atoms with Crippen LogP contribution in [-0.2, 0) is 27.3 Å². The number of esters is 1. The van der Waals surface area contributed by atoms with E-state index in [1.807, 2.05) is 51.2 Å². The van der Waals surface area contributed by atoms with Crippen molar-refractivity contribution < 1.29 is 23.7 Å². The van der Waals surface area contributed by atoms with E-state index in [0.29, 0.717) is 26.2 Å². The molecule has 1 atom stereocenters. The summed E-state index contributed by atoms with van der Waals surface area (Å²) in [4.78, 5) is 16.8. The molecule has 6 heteroatoms. The van der Waals surface area contributed by atoms with Crippen LogP contribution in [0.4, 0.5) is 0 Å². The minimum atomic E-state index is -0.608. The van der Waals surface area contributed by atoms with Crippen LogP contribution in [0.5, 0.6) is 11.5 Å². The Morgan fingerprint density at radius 1 is 1.03 bits per heavy atom. The molecule has 34 heavy (non-hydrogen) atoms. The summed E-state index contributed by atoms with van der Waals surface area (Å²) in [6, 6.07) is 11.9. The van der Waals surface area contributed by atoms with Gasteiger partial charge in [-0.25, -0.2) is 4.79 Å². The van der Waals surface area contributed by atoms with Gasteiger partial charge >= 0.3 is 5.97 Å². The summed E-state index contributed by atoms with van der Waals surface area (Å²) < 4.78 is 23.0. The highest BCUT2D eigenvalue weighted by molar-refractivity contribution is 5.89. The molecule has 0 fully saturated rings. The van der Waals surface area contributed by atoms with E-state index in [-0.39, 0.29) is 12.1 Å². The van der Waals surface area contributed by atoms with E-state index in [4.69, 9.17) is 18.9 Å². The molecule has 6 nitrogen and oxygen atoms in total. The highest BCUT2D eigenvalue weighted by Crippen LogP contribution is 2.33. The molecule has 0 saturated carbocycles. The van der Waals surface area contributed by atoms with Crippen molar-refractivity contribution in [3.63, 3.8) is 0 Å². The largest absolute Gasteiger partial charge is 0.490 e. The number of hydrogen-bond donors (Lipinski definition) is 0. The molecule has 0 radical (unpaired) electrons. The van der Waals surface area contributed by atoms with Crippen LogP contribution in [0.25, 0.3) is 10.9 Å². The van der Waals surface area contributed by atoms with Crippen LogP contribution in [0.2, 0.25) is 0 Å². The lowest BCUT2D eigenvalue weighted by atomic mass is 10.0. The van der Waals surface area contributed by atoms with Gasteiger partial charge in [0.15, 0.2) is 6.10 Å². The predicted octanol–water partition coefficient (Wildman–Crippen LogP) is 5.73. The molecule has 0 amide bonds. The molecule has 0 spiro atoms. The monoisotopic (exact) mass is 465 g/mol. The quantitative estimate of drug-likeness (QED) is 0.337. The third kappa shape index (κ3) is 6.48. The zero-order valence-corrected chi connectivity index (χ0v) is 21.0.